The van der Waals surface area contributed by atoms with Gasteiger partial charge in [0.25, 0.3) is 0 Å². The van der Waals surface area contributed by atoms with Crippen molar-refractivity contribution >= 4 is 22.5 Å². The van der Waals surface area contributed by atoms with Crippen molar-refractivity contribution in [1.29, 1.82) is 0 Å². The third-order valence-electron chi connectivity index (χ3n) is 3.96. The molecule has 4 rings (SSSR count). The monoisotopic (exact) mass is 370 g/mol. The van der Waals surface area contributed by atoms with Crippen molar-refractivity contribution in [1.82, 2.24) is 25.1 Å². The van der Waals surface area contributed by atoms with Gasteiger partial charge in [0.1, 0.15) is 5.82 Å². The molecule has 0 fully saturated rings. The Morgan fingerprint density at radius 3 is 2.63 bits per heavy atom. The highest BCUT2D eigenvalue weighted by Gasteiger charge is 2.33. The molecule has 0 aliphatic heterocycles. The molecule has 0 unspecified atom stereocenters. The number of hydrogen-bond donors (Lipinski definition) is 2. The van der Waals surface area contributed by atoms with Crippen molar-refractivity contribution in [3.05, 3.63) is 60.2 Å². The summed E-state index contributed by atoms with van der Waals surface area (Å²) in [6.07, 6.45) is -1.40. The van der Waals surface area contributed by atoms with E-state index in [0.29, 0.717) is 28.4 Å². The Hall–Kier alpha value is -3.49. The van der Waals surface area contributed by atoms with Gasteiger partial charge in [-0.15, -0.1) is 5.10 Å². The predicted molar refractivity (Wildman–Crippen MR) is 94.4 cm³/mol. The van der Waals surface area contributed by atoms with Crippen LogP contribution in [0, 0.1) is 6.92 Å². The van der Waals surface area contributed by atoms with E-state index in [4.69, 9.17) is 0 Å². The molecular formula is C18H13F3N6. The van der Waals surface area contributed by atoms with Gasteiger partial charge in [-0.2, -0.15) is 18.2 Å². The number of aromatic nitrogens is 5. The average Bonchev–Trinajstić information content (AvgIpc) is 3.06. The van der Waals surface area contributed by atoms with E-state index in [0.717, 1.165) is 6.07 Å². The molecule has 0 saturated heterocycles. The van der Waals surface area contributed by atoms with Crippen LogP contribution < -0.4 is 5.32 Å². The van der Waals surface area contributed by atoms with Crippen molar-refractivity contribution < 1.29 is 13.2 Å². The molecule has 136 valence electrons. The van der Waals surface area contributed by atoms with E-state index in [-0.39, 0.29) is 11.3 Å². The SMILES string of the molecule is Cc1nc(Nc2cc(-c3ccccc3C(F)(F)F)nc3cnccc23)n[nH]1. The maximum absolute atomic E-state index is 13.4. The number of rotatable bonds is 3. The fourth-order valence-corrected chi connectivity index (χ4v) is 2.79. The number of H-pyrrole nitrogens is 1. The third kappa shape index (κ3) is 3.31. The molecule has 2 N–H and O–H groups in total. The minimum Gasteiger partial charge on any atom is -0.322 e. The molecule has 0 radical (unpaired) electrons. The highest BCUT2D eigenvalue weighted by molar-refractivity contribution is 5.94. The van der Waals surface area contributed by atoms with Crippen LogP contribution in [0.2, 0.25) is 0 Å². The minimum absolute atomic E-state index is 0.00929. The number of halogens is 3. The van der Waals surface area contributed by atoms with Crippen LogP contribution >= 0.6 is 0 Å². The van der Waals surface area contributed by atoms with E-state index in [1.165, 1.54) is 18.3 Å². The molecule has 0 saturated carbocycles. The van der Waals surface area contributed by atoms with Crippen molar-refractivity contribution in [3.63, 3.8) is 0 Å². The van der Waals surface area contributed by atoms with Crippen molar-refractivity contribution in [2.45, 2.75) is 13.1 Å². The number of benzene rings is 1. The van der Waals surface area contributed by atoms with Gasteiger partial charge in [-0.05, 0) is 25.1 Å². The maximum Gasteiger partial charge on any atom is 0.417 e. The summed E-state index contributed by atoms with van der Waals surface area (Å²) in [5.41, 5.74) is 0.415. The number of anilines is 2. The van der Waals surface area contributed by atoms with Crippen LogP contribution in [0.4, 0.5) is 24.8 Å². The Balaban J connectivity index is 1.91. The number of nitrogens with zero attached hydrogens (tertiary/aromatic N) is 4. The summed E-state index contributed by atoms with van der Waals surface area (Å²) < 4.78 is 40.3. The predicted octanol–water partition coefficient (Wildman–Crippen LogP) is 4.49. The van der Waals surface area contributed by atoms with Gasteiger partial charge in [0.2, 0.25) is 5.95 Å². The Labute approximate surface area is 151 Å². The molecule has 3 heterocycles. The van der Waals surface area contributed by atoms with Crippen LogP contribution in [-0.4, -0.2) is 25.1 Å². The highest BCUT2D eigenvalue weighted by atomic mass is 19.4. The molecule has 0 bridgehead atoms. The van der Waals surface area contributed by atoms with E-state index in [9.17, 15) is 13.2 Å². The average molecular weight is 370 g/mol. The van der Waals surface area contributed by atoms with E-state index >= 15 is 0 Å². The molecule has 27 heavy (non-hydrogen) atoms. The smallest absolute Gasteiger partial charge is 0.322 e. The number of hydrogen-bond acceptors (Lipinski definition) is 5. The number of aryl methyl sites for hydroxylation is 1. The van der Waals surface area contributed by atoms with Crippen molar-refractivity contribution in [2.75, 3.05) is 5.32 Å². The van der Waals surface area contributed by atoms with E-state index in [1.807, 2.05) is 0 Å². The van der Waals surface area contributed by atoms with E-state index in [1.54, 1.807) is 31.3 Å². The molecule has 0 aliphatic carbocycles. The normalized spacial score (nSPS) is 11.7. The molecule has 0 spiro atoms. The number of pyridine rings is 2. The second-order valence-corrected chi connectivity index (χ2v) is 5.86. The summed E-state index contributed by atoms with van der Waals surface area (Å²) in [4.78, 5) is 12.6. The highest BCUT2D eigenvalue weighted by Crippen LogP contribution is 2.38. The Morgan fingerprint density at radius 2 is 1.89 bits per heavy atom. The van der Waals surface area contributed by atoms with Crippen molar-refractivity contribution in [3.8, 4) is 11.3 Å². The van der Waals surface area contributed by atoms with Crippen molar-refractivity contribution in [2.24, 2.45) is 0 Å². The largest absolute Gasteiger partial charge is 0.417 e. The van der Waals surface area contributed by atoms with Crippen LogP contribution in [0.3, 0.4) is 0 Å². The van der Waals surface area contributed by atoms with Gasteiger partial charge in [0.15, 0.2) is 0 Å². The quantitative estimate of drug-likeness (QED) is 0.556. The molecule has 4 aromatic rings. The zero-order valence-corrected chi connectivity index (χ0v) is 14.0. The van der Waals surface area contributed by atoms with Gasteiger partial charge in [0.05, 0.1) is 28.7 Å². The lowest BCUT2D eigenvalue weighted by atomic mass is 10.0. The Morgan fingerprint density at radius 1 is 1.07 bits per heavy atom. The molecule has 3 aromatic heterocycles. The number of alkyl halides is 3. The van der Waals surface area contributed by atoms with Crippen LogP contribution in [0.25, 0.3) is 22.2 Å². The lowest BCUT2D eigenvalue weighted by Gasteiger charge is -2.14. The molecule has 9 heteroatoms. The number of nitrogens with one attached hydrogen (secondary N) is 2. The summed E-state index contributed by atoms with van der Waals surface area (Å²) in [5.74, 6) is 0.923. The molecule has 0 amide bonds. The summed E-state index contributed by atoms with van der Waals surface area (Å²) >= 11 is 0. The topological polar surface area (TPSA) is 79.4 Å². The molecular weight excluding hydrogens is 357 g/mol. The first-order chi connectivity index (χ1) is 12.9. The van der Waals surface area contributed by atoms with Gasteiger partial charge in [-0.25, -0.2) is 4.98 Å². The first-order valence-corrected chi connectivity index (χ1v) is 7.99. The zero-order chi connectivity index (χ0) is 19.0. The van der Waals surface area contributed by atoms with Gasteiger partial charge in [-0.3, -0.25) is 10.1 Å². The Bertz CT molecular complexity index is 1120. The molecule has 0 atom stereocenters. The first-order valence-electron chi connectivity index (χ1n) is 7.99. The van der Waals surface area contributed by atoms with Crippen LogP contribution in [0.5, 0.6) is 0 Å². The number of aromatic amines is 1. The van der Waals surface area contributed by atoms with Crippen LogP contribution in [0.15, 0.2) is 48.8 Å². The second kappa shape index (κ2) is 6.35. The summed E-state index contributed by atoms with van der Waals surface area (Å²) in [6.45, 7) is 1.75. The summed E-state index contributed by atoms with van der Waals surface area (Å²) in [6, 6.07) is 8.61. The lowest BCUT2D eigenvalue weighted by molar-refractivity contribution is -0.137. The summed E-state index contributed by atoms with van der Waals surface area (Å²) in [5, 5.41) is 10.5. The number of fused-ring (bicyclic) bond motifs is 1. The fourth-order valence-electron chi connectivity index (χ4n) is 2.79. The van der Waals surface area contributed by atoms with Gasteiger partial charge in [-0.1, -0.05) is 18.2 Å². The standard InChI is InChI=1S/C18H13F3N6/c1-10-23-17(27-26-10)25-15-8-14(24-16-9-22-7-6-12(15)16)11-4-2-3-5-13(11)18(19,20)21/h2-9H,1H3,(H2,23,24,25,26,27). The summed E-state index contributed by atoms with van der Waals surface area (Å²) in [7, 11) is 0. The van der Waals surface area contributed by atoms with Gasteiger partial charge < -0.3 is 5.32 Å². The first kappa shape index (κ1) is 17.0. The third-order valence-corrected chi connectivity index (χ3v) is 3.96. The Kier molecular flexibility index (Phi) is 3.98. The second-order valence-electron chi connectivity index (χ2n) is 5.86. The molecule has 0 aliphatic rings. The fraction of sp³-hybridized carbons (Fsp3) is 0.111. The van der Waals surface area contributed by atoms with Gasteiger partial charge >= 0.3 is 6.18 Å². The van der Waals surface area contributed by atoms with E-state index in [2.05, 4.69) is 30.5 Å². The minimum atomic E-state index is -4.49. The zero-order valence-electron chi connectivity index (χ0n) is 14.0. The lowest BCUT2D eigenvalue weighted by Crippen LogP contribution is -2.07. The molecule has 6 nitrogen and oxygen atoms in total. The van der Waals surface area contributed by atoms with Crippen LogP contribution in [-0.2, 0) is 6.18 Å². The maximum atomic E-state index is 13.4. The van der Waals surface area contributed by atoms with Crippen LogP contribution in [0.1, 0.15) is 11.4 Å². The van der Waals surface area contributed by atoms with E-state index < -0.39 is 11.7 Å². The molecule has 1 aromatic carbocycles. The van der Waals surface area contributed by atoms with Gasteiger partial charge in [0, 0.05) is 17.1 Å².